The van der Waals surface area contributed by atoms with E-state index in [-0.39, 0.29) is 20.8 Å². The first-order chi connectivity index (χ1) is 9.01. The Balaban J connectivity index is 2.37. The molecule has 0 spiro atoms. The van der Waals surface area contributed by atoms with E-state index in [9.17, 15) is 8.78 Å². The van der Waals surface area contributed by atoms with Crippen LogP contribution in [0.25, 0.3) is 0 Å². The van der Waals surface area contributed by atoms with Gasteiger partial charge in [0.05, 0.1) is 10.0 Å². The fourth-order valence-electron chi connectivity index (χ4n) is 1.28. The monoisotopic (exact) mass is 321 g/mol. The van der Waals surface area contributed by atoms with E-state index in [0.717, 1.165) is 23.9 Å². The molecule has 0 saturated heterocycles. The predicted octanol–water partition coefficient (Wildman–Crippen LogP) is 4.10. The number of anilines is 1. The number of nitrogens with two attached hydrogens (primary N) is 1. The van der Waals surface area contributed by atoms with Crippen LogP contribution in [0.3, 0.4) is 0 Å². The third kappa shape index (κ3) is 3.27. The quantitative estimate of drug-likeness (QED) is 0.660. The SMILES string of the molecule is NNc1nc(Sc2ccc(F)cc2F)c(Cl)cc1Cl. The molecule has 2 rings (SSSR count). The number of hydrogen-bond acceptors (Lipinski definition) is 4. The Morgan fingerprint density at radius 2 is 1.89 bits per heavy atom. The zero-order valence-electron chi connectivity index (χ0n) is 9.25. The van der Waals surface area contributed by atoms with E-state index in [1.807, 2.05) is 0 Å². The van der Waals surface area contributed by atoms with Crippen molar-refractivity contribution in [1.29, 1.82) is 0 Å². The summed E-state index contributed by atoms with van der Waals surface area (Å²) in [5.74, 6) is 4.11. The number of halogens is 4. The molecule has 0 unspecified atom stereocenters. The number of hydrogen-bond donors (Lipinski definition) is 2. The van der Waals surface area contributed by atoms with Crippen LogP contribution in [0.5, 0.6) is 0 Å². The molecule has 0 aliphatic heterocycles. The van der Waals surface area contributed by atoms with Gasteiger partial charge < -0.3 is 5.43 Å². The second kappa shape index (κ2) is 5.92. The lowest BCUT2D eigenvalue weighted by Gasteiger charge is -2.08. The van der Waals surface area contributed by atoms with Gasteiger partial charge in [0.2, 0.25) is 0 Å². The highest BCUT2D eigenvalue weighted by molar-refractivity contribution is 7.99. The van der Waals surface area contributed by atoms with E-state index in [0.29, 0.717) is 5.03 Å². The smallest absolute Gasteiger partial charge is 0.160 e. The number of rotatable bonds is 3. The van der Waals surface area contributed by atoms with Crippen LogP contribution in [0.2, 0.25) is 10.0 Å². The van der Waals surface area contributed by atoms with Crippen molar-refractivity contribution in [3.63, 3.8) is 0 Å². The molecule has 19 heavy (non-hydrogen) atoms. The molecule has 0 aliphatic carbocycles. The fourth-order valence-corrected chi connectivity index (χ4v) is 2.61. The third-order valence-electron chi connectivity index (χ3n) is 2.13. The number of nitrogen functional groups attached to an aromatic ring is 1. The lowest BCUT2D eigenvalue weighted by atomic mass is 10.3. The minimum Gasteiger partial charge on any atom is -0.307 e. The molecule has 8 heteroatoms. The van der Waals surface area contributed by atoms with Crippen LogP contribution in [-0.4, -0.2) is 4.98 Å². The van der Waals surface area contributed by atoms with Crippen LogP contribution in [0.15, 0.2) is 34.2 Å². The van der Waals surface area contributed by atoms with Gasteiger partial charge in [0.15, 0.2) is 5.82 Å². The van der Waals surface area contributed by atoms with Crippen molar-refractivity contribution in [2.45, 2.75) is 9.92 Å². The summed E-state index contributed by atoms with van der Waals surface area (Å²) in [6.45, 7) is 0. The molecule has 0 radical (unpaired) electrons. The molecule has 100 valence electrons. The maximum Gasteiger partial charge on any atom is 0.160 e. The summed E-state index contributed by atoms with van der Waals surface area (Å²) in [5.41, 5.74) is 2.30. The van der Waals surface area contributed by atoms with Crippen LogP contribution in [0.1, 0.15) is 0 Å². The Morgan fingerprint density at radius 1 is 1.16 bits per heavy atom. The molecule has 1 aromatic carbocycles. The zero-order valence-corrected chi connectivity index (χ0v) is 11.6. The second-order valence-corrected chi connectivity index (χ2v) is 5.27. The van der Waals surface area contributed by atoms with Gasteiger partial charge in [-0.05, 0) is 18.2 Å². The maximum absolute atomic E-state index is 13.5. The molecule has 2 aromatic rings. The second-order valence-electron chi connectivity index (χ2n) is 3.43. The Bertz CT molecular complexity index is 625. The molecule has 1 aromatic heterocycles. The first kappa shape index (κ1) is 14.3. The molecule has 0 fully saturated rings. The number of pyridine rings is 1. The highest BCUT2D eigenvalue weighted by Crippen LogP contribution is 2.36. The van der Waals surface area contributed by atoms with Crippen molar-refractivity contribution >= 4 is 40.8 Å². The van der Waals surface area contributed by atoms with Crippen molar-refractivity contribution in [3.8, 4) is 0 Å². The van der Waals surface area contributed by atoms with Gasteiger partial charge in [-0.3, -0.25) is 0 Å². The standard InChI is InChI=1S/C11H7Cl2F2N3S/c12-6-4-7(13)11(17-10(6)18-16)19-9-2-1-5(14)3-8(9)15/h1-4H,16H2,(H,17,18). The van der Waals surface area contributed by atoms with Crippen molar-refractivity contribution in [2.24, 2.45) is 5.84 Å². The Kier molecular flexibility index (Phi) is 4.46. The Hall–Kier alpha value is -1.08. The van der Waals surface area contributed by atoms with Crippen molar-refractivity contribution in [1.82, 2.24) is 4.98 Å². The number of aromatic nitrogens is 1. The molecular weight excluding hydrogens is 315 g/mol. The first-order valence-electron chi connectivity index (χ1n) is 4.97. The van der Waals surface area contributed by atoms with E-state index in [4.69, 9.17) is 29.0 Å². The van der Waals surface area contributed by atoms with Crippen molar-refractivity contribution in [3.05, 3.63) is 45.9 Å². The van der Waals surface area contributed by atoms with Gasteiger partial charge in [0.1, 0.15) is 16.7 Å². The lowest BCUT2D eigenvalue weighted by Crippen LogP contribution is -2.09. The molecule has 0 bridgehead atoms. The first-order valence-corrected chi connectivity index (χ1v) is 6.54. The molecule has 1 heterocycles. The summed E-state index contributed by atoms with van der Waals surface area (Å²) in [7, 11) is 0. The average molecular weight is 322 g/mol. The molecule has 3 N–H and O–H groups in total. The van der Waals surface area contributed by atoms with Gasteiger partial charge in [-0.1, -0.05) is 35.0 Å². The lowest BCUT2D eigenvalue weighted by molar-refractivity contribution is 0.565. The topological polar surface area (TPSA) is 50.9 Å². The minimum absolute atomic E-state index is 0.195. The van der Waals surface area contributed by atoms with E-state index in [2.05, 4.69) is 10.4 Å². The van der Waals surface area contributed by atoms with Crippen LogP contribution < -0.4 is 11.3 Å². The fraction of sp³-hybridized carbons (Fsp3) is 0. The summed E-state index contributed by atoms with van der Waals surface area (Å²) in [6.07, 6.45) is 0. The highest BCUT2D eigenvalue weighted by atomic mass is 35.5. The summed E-state index contributed by atoms with van der Waals surface area (Å²) >= 11 is 12.7. The predicted molar refractivity (Wildman–Crippen MR) is 72.5 cm³/mol. The van der Waals surface area contributed by atoms with Crippen LogP contribution in [0.4, 0.5) is 14.6 Å². The molecule has 0 amide bonds. The van der Waals surface area contributed by atoms with Crippen LogP contribution in [0, 0.1) is 11.6 Å². The van der Waals surface area contributed by atoms with Crippen molar-refractivity contribution in [2.75, 3.05) is 5.43 Å². The average Bonchev–Trinajstić information content (AvgIpc) is 2.35. The van der Waals surface area contributed by atoms with E-state index in [1.54, 1.807) is 0 Å². The third-order valence-corrected chi connectivity index (χ3v) is 3.88. The van der Waals surface area contributed by atoms with Crippen LogP contribution in [-0.2, 0) is 0 Å². The van der Waals surface area contributed by atoms with Gasteiger partial charge in [-0.15, -0.1) is 0 Å². The molecule has 3 nitrogen and oxygen atoms in total. The van der Waals surface area contributed by atoms with Crippen molar-refractivity contribution < 1.29 is 8.78 Å². The highest BCUT2D eigenvalue weighted by Gasteiger charge is 2.13. The van der Waals surface area contributed by atoms with Crippen LogP contribution >= 0.6 is 35.0 Å². The molecule has 0 aliphatic rings. The van der Waals surface area contributed by atoms with E-state index < -0.39 is 11.6 Å². The minimum atomic E-state index is -0.694. The maximum atomic E-state index is 13.5. The van der Waals surface area contributed by atoms with Gasteiger partial charge >= 0.3 is 0 Å². The summed E-state index contributed by atoms with van der Waals surface area (Å²) < 4.78 is 26.3. The molecular formula is C11H7Cl2F2N3S. The number of benzene rings is 1. The Morgan fingerprint density at radius 3 is 2.53 bits per heavy atom. The normalized spacial score (nSPS) is 10.6. The van der Waals surface area contributed by atoms with Gasteiger partial charge in [0, 0.05) is 11.0 Å². The largest absolute Gasteiger partial charge is 0.307 e. The number of nitrogens with zero attached hydrogens (tertiary/aromatic N) is 1. The van der Waals surface area contributed by atoms with Gasteiger partial charge in [0.25, 0.3) is 0 Å². The van der Waals surface area contributed by atoms with E-state index in [1.165, 1.54) is 12.1 Å². The van der Waals surface area contributed by atoms with E-state index >= 15 is 0 Å². The Labute approximate surface area is 122 Å². The number of nitrogens with one attached hydrogen (secondary N) is 1. The molecule has 0 saturated carbocycles. The summed E-state index contributed by atoms with van der Waals surface area (Å²) in [6, 6.07) is 4.68. The summed E-state index contributed by atoms with van der Waals surface area (Å²) in [5, 5.41) is 0.804. The summed E-state index contributed by atoms with van der Waals surface area (Å²) in [4.78, 5) is 4.25. The zero-order chi connectivity index (χ0) is 14.0. The number of hydrazine groups is 1. The van der Waals surface area contributed by atoms with Gasteiger partial charge in [-0.25, -0.2) is 19.6 Å². The molecule has 0 atom stereocenters. The van der Waals surface area contributed by atoms with Gasteiger partial charge in [-0.2, -0.15) is 0 Å².